The van der Waals surface area contributed by atoms with E-state index in [-0.39, 0.29) is 18.8 Å². The molecule has 108 valence electrons. The number of carbonyl (C=O) groups is 1. The number of ether oxygens (including phenoxy) is 1. The quantitative estimate of drug-likeness (QED) is 0.466. The molecule has 2 nitrogen and oxygen atoms in total. The third kappa shape index (κ3) is 9.68. The van der Waals surface area contributed by atoms with Crippen molar-refractivity contribution in [3.05, 3.63) is 0 Å². The van der Waals surface area contributed by atoms with Crippen LogP contribution in [0.3, 0.4) is 0 Å². The molecule has 18 heavy (non-hydrogen) atoms. The van der Waals surface area contributed by atoms with Gasteiger partial charge in [-0.05, 0) is 32.4 Å². The highest BCUT2D eigenvalue weighted by Gasteiger charge is 2.25. The highest BCUT2D eigenvalue weighted by molar-refractivity contribution is 7.99. The predicted molar refractivity (Wildman–Crippen MR) is 72.3 cm³/mol. The van der Waals surface area contributed by atoms with Gasteiger partial charge in [-0.3, -0.25) is 4.79 Å². The molecule has 0 aromatic heterocycles. The number of rotatable bonds is 9. The van der Waals surface area contributed by atoms with Crippen molar-refractivity contribution in [2.24, 2.45) is 0 Å². The van der Waals surface area contributed by atoms with Crippen molar-refractivity contribution in [3.8, 4) is 0 Å². The Morgan fingerprint density at radius 1 is 1.28 bits per heavy atom. The summed E-state index contributed by atoms with van der Waals surface area (Å²) < 4.78 is 31.0. The number of thioether (sulfide) groups is 1. The third-order valence-electron chi connectivity index (χ3n) is 2.47. The largest absolute Gasteiger partial charge is 0.459 e. The van der Waals surface area contributed by atoms with Crippen LogP contribution in [0.15, 0.2) is 0 Å². The van der Waals surface area contributed by atoms with E-state index in [0.717, 1.165) is 12.2 Å². The molecule has 0 saturated heterocycles. The van der Waals surface area contributed by atoms with Crippen LogP contribution < -0.4 is 0 Å². The Morgan fingerprint density at radius 3 is 2.39 bits per heavy atom. The van der Waals surface area contributed by atoms with E-state index in [0.29, 0.717) is 12.2 Å². The SMILES string of the molecule is CCC(F)(F)CCCCSCC(C)(C)OC(C)=O. The minimum Gasteiger partial charge on any atom is -0.459 e. The second kappa shape index (κ2) is 7.97. The molecular formula is C13H24F2O2S. The minimum absolute atomic E-state index is 0.0304. The highest BCUT2D eigenvalue weighted by atomic mass is 32.2. The van der Waals surface area contributed by atoms with Gasteiger partial charge in [0.25, 0.3) is 0 Å². The predicted octanol–water partition coefficient (Wildman–Crippen LogP) is 4.28. The first-order chi connectivity index (χ1) is 8.18. The van der Waals surface area contributed by atoms with E-state index >= 15 is 0 Å². The van der Waals surface area contributed by atoms with Crippen molar-refractivity contribution in [3.63, 3.8) is 0 Å². The van der Waals surface area contributed by atoms with E-state index in [9.17, 15) is 13.6 Å². The molecule has 0 radical (unpaired) electrons. The van der Waals surface area contributed by atoms with Gasteiger partial charge in [0.2, 0.25) is 5.92 Å². The molecule has 0 atom stereocenters. The van der Waals surface area contributed by atoms with Crippen molar-refractivity contribution < 1.29 is 18.3 Å². The molecule has 0 aliphatic rings. The molecular weight excluding hydrogens is 258 g/mol. The maximum atomic E-state index is 12.9. The molecule has 0 unspecified atom stereocenters. The van der Waals surface area contributed by atoms with E-state index in [1.54, 1.807) is 11.8 Å². The summed E-state index contributed by atoms with van der Waals surface area (Å²) in [5.41, 5.74) is -0.482. The number of hydrogen-bond donors (Lipinski definition) is 0. The van der Waals surface area contributed by atoms with Gasteiger partial charge in [0.1, 0.15) is 5.60 Å². The van der Waals surface area contributed by atoms with Gasteiger partial charge in [-0.15, -0.1) is 0 Å². The first-order valence-electron chi connectivity index (χ1n) is 6.34. The van der Waals surface area contributed by atoms with Crippen LogP contribution in [0, 0.1) is 0 Å². The van der Waals surface area contributed by atoms with Crippen LogP contribution in [-0.4, -0.2) is 29.0 Å². The number of carbonyl (C=O) groups excluding carboxylic acids is 1. The third-order valence-corrected chi connectivity index (χ3v) is 3.94. The fourth-order valence-corrected chi connectivity index (χ4v) is 2.60. The first-order valence-corrected chi connectivity index (χ1v) is 7.49. The molecule has 5 heteroatoms. The van der Waals surface area contributed by atoms with Gasteiger partial charge in [0, 0.05) is 25.5 Å². The average Bonchev–Trinajstić information content (AvgIpc) is 2.21. The lowest BCUT2D eigenvalue weighted by molar-refractivity contribution is -0.151. The normalized spacial score (nSPS) is 12.6. The van der Waals surface area contributed by atoms with Crippen molar-refractivity contribution in [1.82, 2.24) is 0 Å². The van der Waals surface area contributed by atoms with Crippen LogP contribution in [-0.2, 0) is 9.53 Å². The summed E-state index contributed by atoms with van der Waals surface area (Å²) in [6.07, 6.45) is 1.20. The van der Waals surface area contributed by atoms with Crippen molar-refractivity contribution in [2.45, 2.75) is 64.9 Å². The summed E-state index contributed by atoms with van der Waals surface area (Å²) >= 11 is 1.64. The van der Waals surface area contributed by atoms with E-state index in [2.05, 4.69) is 0 Å². The number of halogens is 2. The molecule has 0 aliphatic carbocycles. The molecule has 0 saturated carbocycles. The second-order valence-electron chi connectivity index (χ2n) is 5.07. The summed E-state index contributed by atoms with van der Waals surface area (Å²) in [6.45, 7) is 6.61. The Hall–Kier alpha value is -0.320. The standard InChI is InChI=1S/C13H24F2O2S/c1-5-13(14,15)8-6-7-9-18-10-12(3,4)17-11(2)16/h5-10H2,1-4H3. The fourth-order valence-electron chi connectivity index (χ4n) is 1.50. The molecule has 0 aliphatic heterocycles. The lowest BCUT2D eigenvalue weighted by Crippen LogP contribution is -2.29. The molecule has 0 aromatic carbocycles. The molecule has 0 bridgehead atoms. The van der Waals surface area contributed by atoms with E-state index in [1.165, 1.54) is 13.8 Å². The van der Waals surface area contributed by atoms with Gasteiger partial charge in [-0.1, -0.05) is 6.92 Å². The molecule has 0 N–H and O–H groups in total. The van der Waals surface area contributed by atoms with Crippen LogP contribution in [0.5, 0.6) is 0 Å². The van der Waals surface area contributed by atoms with Crippen molar-refractivity contribution in [1.29, 1.82) is 0 Å². The lowest BCUT2D eigenvalue weighted by Gasteiger charge is -2.23. The average molecular weight is 282 g/mol. The molecule has 0 spiro atoms. The highest BCUT2D eigenvalue weighted by Crippen LogP contribution is 2.25. The summed E-state index contributed by atoms with van der Waals surface area (Å²) in [5.74, 6) is -1.29. The van der Waals surface area contributed by atoms with Gasteiger partial charge in [0.15, 0.2) is 0 Å². The summed E-state index contributed by atoms with van der Waals surface area (Å²) in [4.78, 5) is 10.8. The number of alkyl halides is 2. The smallest absolute Gasteiger partial charge is 0.303 e. The fraction of sp³-hybridized carbons (Fsp3) is 0.923. The van der Waals surface area contributed by atoms with Crippen LogP contribution in [0.4, 0.5) is 8.78 Å². The summed E-state index contributed by atoms with van der Waals surface area (Å²) in [5, 5.41) is 0. The van der Waals surface area contributed by atoms with Crippen LogP contribution in [0.2, 0.25) is 0 Å². The summed E-state index contributed by atoms with van der Waals surface area (Å²) in [6, 6.07) is 0. The lowest BCUT2D eigenvalue weighted by atomic mass is 10.1. The van der Waals surface area contributed by atoms with Gasteiger partial charge in [-0.25, -0.2) is 8.78 Å². The van der Waals surface area contributed by atoms with Crippen LogP contribution in [0.25, 0.3) is 0 Å². The van der Waals surface area contributed by atoms with Gasteiger partial charge < -0.3 is 4.74 Å². The number of unbranched alkanes of at least 4 members (excludes halogenated alkanes) is 1. The van der Waals surface area contributed by atoms with Crippen molar-refractivity contribution in [2.75, 3.05) is 11.5 Å². The van der Waals surface area contributed by atoms with Gasteiger partial charge in [-0.2, -0.15) is 11.8 Å². The van der Waals surface area contributed by atoms with E-state index < -0.39 is 11.5 Å². The van der Waals surface area contributed by atoms with E-state index in [4.69, 9.17) is 4.74 Å². The Kier molecular flexibility index (Phi) is 7.83. The zero-order valence-electron chi connectivity index (χ0n) is 11.7. The first kappa shape index (κ1) is 17.7. The Labute approximate surface area is 113 Å². The van der Waals surface area contributed by atoms with Crippen LogP contribution in [0.1, 0.15) is 53.4 Å². The maximum absolute atomic E-state index is 12.9. The maximum Gasteiger partial charge on any atom is 0.303 e. The zero-order valence-corrected chi connectivity index (χ0v) is 12.5. The van der Waals surface area contributed by atoms with Crippen molar-refractivity contribution >= 4 is 17.7 Å². The number of hydrogen-bond acceptors (Lipinski definition) is 3. The Bertz CT molecular complexity index is 255. The van der Waals surface area contributed by atoms with Crippen LogP contribution >= 0.6 is 11.8 Å². The second-order valence-corrected chi connectivity index (χ2v) is 6.18. The minimum atomic E-state index is -2.51. The Morgan fingerprint density at radius 2 is 1.89 bits per heavy atom. The van der Waals surface area contributed by atoms with E-state index in [1.807, 2.05) is 13.8 Å². The molecule has 0 amide bonds. The number of esters is 1. The van der Waals surface area contributed by atoms with Gasteiger partial charge in [0.05, 0.1) is 0 Å². The van der Waals surface area contributed by atoms with Gasteiger partial charge >= 0.3 is 5.97 Å². The summed E-state index contributed by atoms with van der Waals surface area (Å²) in [7, 11) is 0. The zero-order chi connectivity index (χ0) is 14.2. The molecule has 0 aromatic rings. The molecule has 0 fully saturated rings. The Balaban J connectivity index is 3.60. The molecule has 0 rings (SSSR count). The monoisotopic (exact) mass is 282 g/mol. The molecule has 0 heterocycles. The topological polar surface area (TPSA) is 26.3 Å².